The van der Waals surface area contributed by atoms with Gasteiger partial charge in [-0.2, -0.15) is 8.42 Å². The summed E-state index contributed by atoms with van der Waals surface area (Å²) >= 11 is 1.58. The van der Waals surface area contributed by atoms with E-state index in [0.29, 0.717) is 0 Å². The summed E-state index contributed by atoms with van der Waals surface area (Å²) in [4.78, 5) is 3.02. The van der Waals surface area contributed by atoms with E-state index < -0.39 is 10.1 Å². The van der Waals surface area contributed by atoms with Crippen LogP contribution in [-0.2, 0) is 10.1 Å². The summed E-state index contributed by atoms with van der Waals surface area (Å²) in [6.45, 7) is 2.94. The summed E-state index contributed by atoms with van der Waals surface area (Å²) < 4.78 is 30.7. The van der Waals surface area contributed by atoms with Crippen molar-refractivity contribution >= 4 is 27.6 Å². The Balaban J connectivity index is -0.000000640. The Morgan fingerprint density at radius 1 is 1.47 bits per heavy atom. The smallest absolute Gasteiger partial charge is 1.00 e. The summed E-state index contributed by atoms with van der Waals surface area (Å²) in [5, 5.41) is 0. The van der Waals surface area contributed by atoms with Crippen LogP contribution in [0.3, 0.4) is 0 Å². The molecule has 0 radical (unpaired) electrons. The summed E-state index contributed by atoms with van der Waals surface area (Å²) in [5.41, 5.74) is 1.04. The molecule has 1 aromatic carbocycles. The molecule has 0 atom stereocenters. The van der Waals surface area contributed by atoms with Crippen LogP contribution in [0.2, 0.25) is 0 Å². The first-order chi connectivity index (χ1) is 7.02. The van der Waals surface area contributed by atoms with Crippen molar-refractivity contribution in [2.75, 3.05) is 17.3 Å². The zero-order valence-electron chi connectivity index (χ0n) is 12.2. The van der Waals surface area contributed by atoms with Crippen LogP contribution in [0.4, 0.5) is 5.69 Å². The number of nitrogens with zero attached hydrogens (tertiary/aromatic N) is 1. The fourth-order valence-electron chi connectivity index (χ4n) is 1.51. The molecule has 0 saturated carbocycles. The van der Waals surface area contributed by atoms with E-state index in [9.17, 15) is 8.42 Å². The van der Waals surface area contributed by atoms with Crippen LogP contribution in [0.1, 0.15) is 9.78 Å². The van der Waals surface area contributed by atoms with Gasteiger partial charge in [-0.25, -0.2) is 0 Å². The Morgan fingerprint density at radius 2 is 2.12 bits per heavy atom. The molecule has 0 saturated heterocycles. The number of rotatable bonds is 2. The predicted octanol–water partition coefficient (Wildman–Crippen LogP) is -3.94. The number of hydrogen-bond donors (Lipinski definition) is 1. The molecule has 86 valence electrons. The first kappa shape index (κ1) is 19.6. The van der Waals surface area contributed by atoms with E-state index in [1.165, 1.54) is 12.1 Å². The van der Waals surface area contributed by atoms with Crippen LogP contribution in [0.5, 0.6) is 0 Å². The molecule has 0 aliphatic carbocycles. The molecule has 1 aliphatic rings. The topological polar surface area (TPSA) is 57.6 Å². The van der Waals surface area contributed by atoms with E-state index in [0.717, 1.165) is 23.0 Å². The molecule has 8 heteroatoms. The molecule has 0 fully saturated rings. The van der Waals surface area contributed by atoms with Gasteiger partial charge in [0.05, 0.1) is 16.5 Å². The number of anilines is 1. The maximum absolute atomic E-state index is 10.9. The van der Waals surface area contributed by atoms with Crippen LogP contribution in [0.25, 0.3) is 0 Å². The van der Waals surface area contributed by atoms with Gasteiger partial charge >= 0.3 is 103 Å². The van der Waals surface area contributed by atoms with Gasteiger partial charge in [0.2, 0.25) is 0 Å². The largest absolute Gasteiger partial charge is 1.00 e. The van der Waals surface area contributed by atoms with E-state index in [1.807, 2.05) is 6.92 Å². The van der Waals surface area contributed by atoms with Crippen molar-refractivity contribution < 1.29 is 119 Å². The maximum Gasteiger partial charge on any atom is 1.00 e. The molecule has 0 aromatic heterocycles. The second kappa shape index (κ2) is 8.11. The van der Waals surface area contributed by atoms with Gasteiger partial charge in [-0.15, -0.1) is 11.8 Å². The molecule has 0 bridgehead atoms. The first-order valence-electron chi connectivity index (χ1n) is 4.51. The van der Waals surface area contributed by atoms with Crippen molar-refractivity contribution in [1.29, 1.82) is 0 Å². The summed E-state index contributed by atoms with van der Waals surface area (Å²) in [7, 11) is -4.08. The number of benzene rings is 1. The van der Waals surface area contributed by atoms with Crippen molar-refractivity contribution in [3.8, 4) is 0 Å². The molecule has 1 aromatic rings. The molecular formula is C9H13K2NO3S2. The van der Waals surface area contributed by atoms with Crippen molar-refractivity contribution in [1.82, 2.24) is 0 Å². The Kier molecular flexibility index (Phi) is 9.32. The predicted molar refractivity (Wildman–Crippen MR) is 62.2 cm³/mol. The van der Waals surface area contributed by atoms with E-state index >= 15 is 0 Å². The average Bonchev–Trinajstić information content (AvgIpc) is 2.58. The molecule has 0 amide bonds. The van der Waals surface area contributed by atoms with Crippen molar-refractivity contribution in [2.24, 2.45) is 0 Å². The Hall–Kier alpha value is 2.55. The van der Waals surface area contributed by atoms with Crippen LogP contribution in [0.15, 0.2) is 28.0 Å². The zero-order valence-corrected chi connectivity index (χ0v) is 18.1. The van der Waals surface area contributed by atoms with E-state index in [2.05, 4.69) is 4.90 Å². The SMILES string of the molecule is CCN1CSc2cc(S(=O)(=O)O)ccc21.[H-].[H-].[K+].[K+]. The van der Waals surface area contributed by atoms with Gasteiger partial charge in [0.25, 0.3) is 10.1 Å². The number of thioether (sulfide) groups is 1. The van der Waals surface area contributed by atoms with Gasteiger partial charge in [0.15, 0.2) is 0 Å². The molecule has 4 nitrogen and oxygen atoms in total. The first-order valence-corrected chi connectivity index (χ1v) is 6.94. The molecular weight excluding hydrogens is 312 g/mol. The monoisotopic (exact) mass is 325 g/mol. The molecule has 2 rings (SSSR count). The maximum atomic E-state index is 10.9. The minimum Gasteiger partial charge on any atom is -1.00 e. The number of hydrogen-bond acceptors (Lipinski definition) is 4. The molecule has 17 heavy (non-hydrogen) atoms. The van der Waals surface area contributed by atoms with Crippen LogP contribution < -0.4 is 108 Å². The van der Waals surface area contributed by atoms with Crippen LogP contribution in [-0.4, -0.2) is 25.4 Å². The molecule has 0 spiro atoms. The Bertz CT molecular complexity index is 502. The Morgan fingerprint density at radius 3 is 2.65 bits per heavy atom. The summed E-state index contributed by atoms with van der Waals surface area (Å²) in [5.74, 6) is 0.834. The summed E-state index contributed by atoms with van der Waals surface area (Å²) in [6.07, 6.45) is 0. The van der Waals surface area contributed by atoms with Crippen molar-refractivity contribution in [3.63, 3.8) is 0 Å². The van der Waals surface area contributed by atoms with E-state index in [4.69, 9.17) is 4.55 Å². The Labute approximate surface area is 194 Å². The minimum atomic E-state index is -4.08. The van der Waals surface area contributed by atoms with Crippen molar-refractivity contribution in [2.45, 2.75) is 16.7 Å². The van der Waals surface area contributed by atoms with E-state index in [1.54, 1.807) is 17.8 Å². The van der Waals surface area contributed by atoms with Gasteiger partial charge in [0.1, 0.15) is 0 Å². The second-order valence-electron chi connectivity index (χ2n) is 3.23. The zero-order chi connectivity index (χ0) is 11.1. The molecule has 0 unspecified atom stereocenters. The molecule has 1 heterocycles. The quantitative estimate of drug-likeness (QED) is 0.444. The third-order valence-corrected chi connectivity index (χ3v) is 4.26. The molecule has 1 N–H and O–H groups in total. The third-order valence-electron chi connectivity index (χ3n) is 2.33. The number of fused-ring (bicyclic) bond motifs is 1. The summed E-state index contributed by atoms with van der Waals surface area (Å²) in [6, 6.07) is 4.69. The van der Waals surface area contributed by atoms with Crippen LogP contribution in [0, 0.1) is 0 Å². The van der Waals surface area contributed by atoms with Gasteiger partial charge in [-0.3, -0.25) is 4.55 Å². The second-order valence-corrected chi connectivity index (χ2v) is 5.64. The average molecular weight is 326 g/mol. The standard InChI is InChI=1S/C9H11NO3S2.2K.2H/c1-2-10-6-14-9-5-7(15(11,12)13)3-4-8(9)10;;;;/h3-5H,2,6H2,1H3,(H,11,12,13);;;;/q;2*+1;2*-1. The van der Waals surface area contributed by atoms with Gasteiger partial charge < -0.3 is 7.75 Å². The molecule has 1 aliphatic heterocycles. The normalized spacial score (nSPS) is 13.6. The van der Waals surface area contributed by atoms with Gasteiger partial charge in [0, 0.05) is 11.4 Å². The third kappa shape index (κ3) is 4.80. The van der Waals surface area contributed by atoms with E-state index in [-0.39, 0.29) is 111 Å². The van der Waals surface area contributed by atoms with Gasteiger partial charge in [-0.05, 0) is 25.1 Å². The van der Waals surface area contributed by atoms with Crippen LogP contribution >= 0.6 is 11.8 Å². The van der Waals surface area contributed by atoms with Gasteiger partial charge in [-0.1, -0.05) is 0 Å². The van der Waals surface area contributed by atoms with Crippen molar-refractivity contribution in [3.05, 3.63) is 18.2 Å². The fourth-order valence-corrected chi connectivity index (χ4v) is 3.26. The minimum absolute atomic E-state index is 0. The fraction of sp³-hybridized carbons (Fsp3) is 0.333.